The van der Waals surface area contributed by atoms with Crippen molar-refractivity contribution in [1.29, 1.82) is 0 Å². The molecule has 3 heteroatoms. The summed E-state index contributed by atoms with van der Waals surface area (Å²) in [4.78, 5) is 0. The van der Waals surface area contributed by atoms with Crippen LogP contribution in [-0.2, 0) is 4.74 Å². The lowest BCUT2D eigenvalue weighted by molar-refractivity contribution is 0.0105. The van der Waals surface area contributed by atoms with Gasteiger partial charge in [0.25, 0.3) is 0 Å². The first-order valence-corrected chi connectivity index (χ1v) is 7.20. The first kappa shape index (κ1) is 17.9. The number of hydrogen-bond acceptors (Lipinski definition) is 3. The van der Waals surface area contributed by atoms with Crippen molar-refractivity contribution in [3.8, 4) is 0 Å². The lowest BCUT2D eigenvalue weighted by Crippen LogP contribution is -2.31. The molecule has 0 unspecified atom stereocenters. The molecule has 0 spiro atoms. The fourth-order valence-electron chi connectivity index (χ4n) is 1.84. The van der Waals surface area contributed by atoms with Crippen molar-refractivity contribution in [2.75, 3.05) is 26.3 Å². The molecule has 0 aromatic carbocycles. The third kappa shape index (κ3) is 9.86. The second-order valence-electron chi connectivity index (χ2n) is 7.22. The van der Waals surface area contributed by atoms with Gasteiger partial charge in [-0.2, -0.15) is 0 Å². The molecule has 0 radical (unpaired) electrons. The van der Waals surface area contributed by atoms with E-state index in [2.05, 4.69) is 46.9 Å². The number of hydrogen-bond donors (Lipinski definition) is 2. The molecule has 0 fully saturated rings. The molecule has 0 bridgehead atoms. The topological polar surface area (TPSA) is 47.3 Å². The lowest BCUT2D eigenvalue weighted by atomic mass is 9.89. The molecule has 0 aliphatic rings. The van der Waals surface area contributed by atoms with Crippen LogP contribution in [0.3, 0.4) is 0 Å². The van der Waals surface area contributed by atoms with Crippen LogP contribution in [0.5, 0.6) is 0 Å². The Hall–Kier alpha value is -0.120. The Morgan fingerprint density at radius 3 is 1.94 bits per heavy atom. The summed E-state index contributed by atoms with van der Waals surface area (Å²) in [5.74, 6) is 0. The Morgan fingerprint density at radius 1 is 1.00 bits per heavy atom. The van der Waals surface area contributed by atoms with Gasteiger partial charge in [-0.15, -0.1) is 0 Å². The molecule has 0 aliphatic heterocycles. The molecule has 0 rings (SSSR count). The molecular formula is C15H34N2O. The largest absolute Gasteiger partial charge is 0.380 e. The fraction of sp³-hybridized carbons (Fsp3) is 1.00. The third-order valence-electron chi connectivity index (χ3n) is 3.16. The zero-order chi connectivity index (χ0) is 14.2. The first-order valence-electron chi connectivity index (χ1n) is 7.20. The van der Waals surface area contributed by atoms with E-state index in [1.54, 1.807) is 0 Å². The summed E-state index contributed by atoms with van der Waals surface area (Å²) < 4.78 is 5.89. The predicted octanol–water partition coefficient (Wildman–Crippen LogP) is 2.79. The summed E-state index contributed by atoms with van der Waals surface area (Å²) >= 11 is 0. The van der Waals surface area contributed by atoms with Crippen molar-refractivity contribution in [2.45, 2.75) is 60.4 Å². The van der Waals surface area contributed by atoms with E-state index >= 15 is 0 Å². The molecule has 0 aromatic heterocycles. The zero-order valence-electron chi connectivity index (χ0n) is 13.3. The molecule has 18 heavy (non-hydrogen) atoms. The van der Waals surface area contributed by atoms with Crippen LogP contribution >= 0.6 is 0 Å². The van der Waals surface area contributed by atoms with Gasteiger partial charge in [-0.05, 0) is 36.8 Å². The summed E-state index contributed by atoms with van der Waals surface area (Å²) in [7, 11) is 0. The van der Waals surface area contributed by atoms with Crippen molar-refractivity contribution >= 4 is 0 Å². The zero-order valence-corrected chi connectivity index (χ0v) is 13.3. The minimum absolute atomic E-state index is 0.195. The van der Waals surface area contributed by atoms with Crippen LogP contribution in [-0.4, -0.2) is 32.3 Å². The highest BCUT2D eigenvalue weighted by Gasteiger charge is 2.21. The molecule has 0 atom stereocenters. The van der Waals surface area contributed by atoms with Gasteiger partial charge >= 0.3 is 0 Å². The minimum atomic E-state index is 0.195. The van der Waals surface area contributed by atoms with Crippen molar-refractivity contribution in [3.63, 3.8) is 0 Å². The average molecular weight is 258 g/mol. The van der Waals surface area contributed by atoms with Gasteiger partial charge in [0.05, 0.1) is 13.2 Å². The van der Waals surface area contributed by atoms with Gasteiger partial charge in [0.2, 0.25) is 0 Å². The van der Waals surface area contributed by atoms with E-state index in [4.69, 9.17) is 10.5 Å². The Balaban J connectivity index is 3.82. The van der Waals surface area contributed by atoms with E-state index in [-0.39, 0.29) is 10.8 Å². The van der Waals surface area contributed by atoms with E-state index in [9.17, 15) is 0 Å². The van der Waals surface area contributed by atoms with Gasteiger partial charge in [-0.1, -0.05) is 41.5 Å². The van der Waals surface area contributed by atoms with E-state index < -0.39 is 0 Å². The normalized spacial score (nSPS) is 13.3. The molecule has 0 saturated heterocycles. The van der Waals surface area contributed by atoms with E-state index in [1.807, 2.05) is 0 Å². The quantitative estimate of drug-likeness (QED) is 0.633. The number of rotatable bonds is 10. The summed E-state index contributed by atoms with van der Waals surface area (Å²) in [5, 5.41) is 3.46. The highest BCUT2D eigenvalue weighted by molar-refractivity contribution is 4.72. The van der Waals surface area contributed by atoms with E-state index in [0.717, 1.165) is 39.1 Å². The van der Waals surface area contributed by atoms with Gasteiger partial charge in [-0.25, -0.2) is 0 Å². The Labute approximate surface area is 114 Å². The van der Waals surface area contributed by atoms with Crippen molar-refractivity contribution < 1.29 is 4.74 Å². The smallest absolute Gasteiger partial charge is 0.0517 e. The summed E-state index contributed by atoms with van der Waals surface area (Å²) in [6.45, 7) is 16.7. The Kier molecular flexibility index (Phi) is 8.08. The monoisotopic (exact) mass is 258 g/mol. The maximum atomic E-state index is 5.89. The first-order chi connectivity index (χ1) is 8.18. The molecule has 3 nitrogen and oxygen atoms in total. The van der Waals surface area contributed by atoms with Gasteiger partial charge in [-0.3, -0.25) is 0 Å². The highest BCUT2D eigenvalue weighted by Crippen LogP contribution is 2.24. The molecule has 0 amide bonds. The maximum absolute atomic E-state index is 5.89. The van der Waals surface area contributed by atoms with Crippen LogP contribution < -0.4 is 11.1 Å². The lowest BCUT2D eigenvalue weighted by Gasteiger charge is -2.29. The fourth-order valence-corrected chi connectivity index (χ4v) is 1.84. The van der Waals surface area contributed by atoms with Crippen molar-refractivity contribution in [1.82, 2.24) is 5.32 Å². The molecule has 0 saturated carbocycles. The van der Waals surface area contributed by atoms with Crippen LogP contribution in [0.2, 0.25) is 0 Å². The minimum Gasteiger partial charge on any atom is -0.380 e. The number of ether oxygens (including phenoxy) is 1. The predicted molar refractivity (Wildman–Crippen MR) is 79.8 cm³/mol. The summed E-state index contributed by atoms with van der Waals surface area (Å²) in [6.07, 6.45) is 2.16. The highest BCUT2D eigenvalue weighted by atomic mass is 16.5. The van der Waals surface area contributed by atoms with Crippen LogP contribution in [0.1, 0.15) is 54.4 Å². The van der Waals surface area contributed by atoms with Gasteiger partial charge in [0, 0.05) is 6.04 Å². The molecule has 0 heterocycles. The van der Waals surface area contributed by atoms with Gasteiger partial charge in [0.15, 0.2) is 0 Å². The second kappa shape index (κ2) is 8.13. The van der Waals surface area contributed by atoms with E-state index in [0.29, 0.717) is 6.04 Å². The Bertz CT molecular complexity index is 213. The van der Waals surface area contributed by atoms with Crippen LogP contribution in [0.25, 0.3) is 0 Å². The van der Waals surface area contributed by atoms with Crippen LogP contribution in [0.15, 0.2) is 0 Å². The summed E-state index contributed by atoms with van der Waals surface area (Å²) in [5.41, 5.74) is 6.03. The molecular weight excluding hydrogens is 224 g/mol. The molecule has 110 valence electrons. The van der Waals surface area contributed by atoms with Gasteiger partial charge in [0.1, 0.15) is 0 Å². The second-order valence-corrected chi connectivity index (χ2v) is 7.22. The SMILES string of the molecule is CC(C)NCCC(C)(C)COCC(C)(C)CCN. The number of nitrogens with one attached hydrogen (secondary N) is 1. The standard InChI is InChI=1S/C15H34N2O/c1-13(2)17-10-8-15(5,6)12-18-11-14(3,4)7-9-16/h13,17H,7-12,16H2,1-6H3. The maximum Gasteiger partial charge on any atom is 0.0517 e. The van der Waals surface area contributed by atoms with Gasteiger partial charge < -0.3 is 15.8 Å². The third-order valence-corrected chi connectivity index (χ3v) is 3.16. The van der Waals surface area contributed by atoms with Crippen molar-refractivity contribution in [2.24, 2.45) is 16.6 Å². The summed E-state index contributed by atoms with van der Waals surface area (Å²) in [6, 6.07) is 0.560. The molecule has 0 aromatic rings. The van der Waals surface area contributed by atoms with Crippen LogP contribution in [0, 0.1) is 10.8 Å². The van der Waals surface area contributed by atoms with E-state index in [1.165, 1.54) is 0 Å². The molecule has 0 aliphatic carbocycles. The van der Waals surface area contributed by atoms with Crippen molar-refractivity contribution in [3.05, 3.63) is 0 Å². The number of nitrogens with two attached hydrogens (primary N) is 1. The van der Waals surface area contributed by atoms with Crippen LogP contribution in [0.4, 0.5) is 0 Å². The average Bonchev–Trinajstić information content (AvgIpc) is 2.15. The Morgan fingerprint density at radius 2 is 1.50 bits per heavy atom. The molecule has 3 N–H and O–H groups in total.